The first-order valence-corrected chi connectivity index (χ1v) is 12.0. The van der Waals surface area contributed by atoms with Crippen LogP contribution in [0.15, 0.2) is 77.7 Å². The molecule has 0 fully saturated rings. The smallest absolute Gasteiger partial charge is 0.264 e. The Labute approximate surface area is 198 Å². The molecule has 0 radical (unpaired) electrons. The number of halogens is 2. The third kappa shape index (κ3) is 5.52. The largest absolute Gasteiger partial charge is 0.350 e. The number of likely N-dealkylation sites (N-methyl/N-ethyl adjacent to an activating group) is 1. The van der Waals surface area contributed by atoms with Crippen molar-refractivity contribution < 1.29 is 17.6 Å². The summed E-state index contributed by atoms with van der Waals surface area (Å²) in [6.45, 7) is 0.0768. The Hall–Kier alpha value is -2.94. The number of carbonyl (C=O) groups excluding carboxylic acids is 1. The number of nitrogens with zero attached hydrogens (tertiary/aromatic N) is 2. The number of sulfonamides is 1. The summed E-state index contributed by atoms with van der Waals surface area (Å²) in [5, 5.41) is 3.02. The molecular weight excluding hydrogens is 465 g/mol. The minimum absolute atomic E-state index is 0.0113. The Kier molecular flexibility index (Phi) is 7.73. The van der Waals surface area contributed by atoms with Gasteiger partial charge in [-0.3, -0.25) is 9.10 Å². The summed E-state index contributed by atoms with van der Waals surface area (Å²) in [4.78, 5) is 14.6. The second kappa shape index (κ2) is 10.3. The predicted octanol–water partition coefficient (Wildman–Crippen LogP) is 4.34. The Morgan fingerprint density at radius 2 is 1.67 bits per heavy atom. The van der Waals surface area contributed by atoms with E-state index in [1.54, 1.807) is 55.4 Å². The van der Waals surface area contributed by atoms with E-state index in [0.717, 1.165) is 4.31 Å². The fourth-order valence-corrected chi connectivity index (χ4v) is 4.93. The van der Waals surface area contributed by atoms with Gasteiger partial charge in [0.1, 0.15) is 5.82 Å². The Morgan fingerprint density at radius 1 is 1.00 bits per heavy atom. The highest BCUT2D eigenvalue weighted by Gasteiger charge is 2.24. The van der Waals surface area contributed by atoms with Gasteiger partial charge in [-0.2, -0.15) is 0 Å². The van der Waals surface area contributed by atoms with Crippen molar-refractivity contribution in [3.8, 4) is 0 Å². The maximum Gasteiger partial charge on any atom is 0.264 e. The molecule has 0 aliphatic carbocycles. The Balaban J connectivity index is 1.81. The van der Waals surface area contributed by atoms with Gasteiger partial charge in [0.15, 0.2) is 0 Å². The molecule has 0 aromatic heterocycles. The number of para-hydroxylation sites is 1. The first kappa shape index (κ1) is 24.7. The Morgan fingerprint density at radius 3 is 2.30 bits per heavy atom. The molecule has 3 aromatic carbocycles. The number of benzene rings is 3. The normalized spacial score (nSPS) is 12.4. The third-order valence-corrected chi connectivity index (χ3v) is 7.40. The fourth-order valence-electron chi connectivity index (χ4n) is 3.40. The van der Waals surface area contributed by atoms with E-state index in [2.05, 4.69) is 5.32 Å². The maximum atomic E-state index is 14.4. The average molecular weight is 490 g/mol. The lowest BCUT2D eigenvalue weighted by molar-refractivity contribution is 0.0941. The van der Waals surface area contributed by atoms with Gasteiger partial charge in [-0.05, 0) is 56.6 Å². The number of hydrogen-bond acceptors (Lipinski definition) is 4. The molecule has 0 heterocycles. The zero-order chi connectivity index (χ0) is 24.2. The minimum Gasteiger partial charge on any atom is -0.350 e. The van der Waals surface area contributed by atoms with Crippen LogP contribution in [0.5, 0.6) is 0 Å². The highest BCUT2D eigenvalue weighted by atomic mass is 35.5. The van der Waals surface area contributed by atoms with E-state index in [9.17, 15) is 17.6 Å². The van der Waals surface area contributed by atoms with Crippen LogP contribution in [0.3, 0.4) is 0 Å². The first-order chi connectivity index (χ1) is 15.6. The van der Waals surface area contributed by atoms with E-state index in [4.69, 9.17) is 11.6 Å². The summed E-state index contributed by atoms with van der Waals surface area (Å²) < 4.78 is 41.7. The van der Waals surface area contributed by atoms with Gasteiger partial charge in [0, 0.05) is 29.7 Å². The highest BCUT2D eigenvalue weighted by Crippen LogP contribution is 2.28. The summed E-state index contributed by atoms with van der Waals surface area (Å²) in [5.41, 5.74) is 0.961. The van der Waals surface area contributed by atoms with Gasteiger partial charge in [0.25, 0.3) is 15.9 Å². The minimum atomic E-state index is -3.87. The number of anilines is 1. The monoisotopic (exact) mass is 489 g/mol. The summed E-state index contributed by atoms with van der Waals surface area (Å²) in [5.74, 6) is -0.943. The van der Waals surface area contributed by atoms with Crippen molar-refractivity contribution >= 4 is 33.2 Å². The molecule has 6 nitrogen and oxygen atoms in total. The topological polar surface area (TPSA) is 69.7 Å². The molecule has 0 aliphatic heterocycles. The van der Waals surface area contributed by atoms with Gasteiger partial charge in [0.05, 0.1) is 16.6 Å². The quantitative estimate of drug-likeness (QED) is 0.511. The van der Waals surface area contributed by atoms with Crippen molar-refractivity contribution in [2.24, 2.45) is 0 Å². The molecule has 33 heavy (non-hydrogen) atoms. The SMILES string of the molecule is CN(C)[C@H](CNC(=O)c1cccc(S(=O)(=O)N(C)c2ccccc2)c1)c1c(F)cccc1Cl. The van der Waals surface area contributed by atoms with Crippen molar-refractivity contribution in [2.45, 2.75) is 10.9 Å². The van der Waals surface area contributed by atoms with Crippen molar-refractivity contribution in [3.05, 3.63) is 94.8 Å². The molecule has 0 unspecified atom stereocenters. The summed E-state index contributed by atoms with van der Waals surface area (Å²) in [6.07, 6.45) is 0. The van der Waals surface area contributed by atoms with Crippen LogP contribution >= 0.6 is 11.6 Å². The van der Waals surface area contributed by atoms with E-state index >= 15 is 0 Å². The van der Waals surface area contributed by atoms with Crippen LogP contribution in [0, 0.1) is 5.82 Å². The zero-order valence-electron chi connectivity index (χ0n) is 18.5. The van der Waals surface area contributed by atoms with Crippen LogP contribution in [-0.2, 0) is 10.0 Å². The summed E-state index contributed by atoms with van der Waals surface area (Å²) in [6, 6.07) is 18.4. The molecule has 0 spiro atoms. The number of carbonyl (C=O) groups is 1. The van der Waals surface area contributed by atoms with Crippen LogP contribution in [-0.4, -0.2) is 46.9 Å². The van der Waals surface area contributed by atoms with Gasteiger partial charge < -0.3 is 10.2 Å². The molecule has 0 bridgehead atoms. The van der Waals surface area contributed by atoms with Crippen molar-refractivity contribution in [1.82, 2.24) is 10.2 Å². The molecule has 1 N–H and O–H groups in total. The second-order valence-electron chi connectivity index (χ2n) is 7.66. The van der Waals surface area contributed by atoms with Crippen LogP contribution in [0.4, 0.5) is 10.1 Å². The molecule has 1 atom stereocenters. The van der Waals surface area contributed by atoms with E-state index < -0.39 is 27.8 Å². The van der Waals surface area contributed by atoms with E-state index in [0.29, 0.717) is 5.69 Å². The van der Waals surface area contributed by atoms with E-state index in [-0.39, 0.29) is 27.6 Å². The van der Waals surface area contributed by atoms with Gasteiger partial charge in [0.2, 0.25) is 0 Å². The molecule has 0 saturated carbocycles. The van der Waals surface area contributed by atoms with Crippen LogP contribution in [0.2, 0.25) is 5.02 Å². The highest BCUT2D eigenvalue weighted by molar-refractivity contribution is 7.92. The molecule has 1 amide bonds. The second-order valence-corrected chi connectivity index (χ2v) is 10.0. The summed E-state index contributed by atoms with van der Waals surface area (Å²) in [7, 11) is 1.10. The molecule has 0 aliphatic rings. The number of amides is 1. The molecule has 0 saturated heterocycles. The lowest BCUT2D eigenvalue weighted by Crippen LogP contribution is -2.35. The lowest BCUT2D eigenvalue weighted by atomic mass is 10.0. The Bertz CT molecular complexity index is 1220. The van der Waals surface area contributed by atoms with Crippen molar-refractivity contribution in [2.75, 3.05) is 32.0 Å². The number of rotatable bonds is 8. The van der Waals surface area contributed by atoms with Crippen LogP contribution in [0.25, 0.3) is 0 Å². The van der Waals surface area contributed by atoms with E-state index in [1.165, 1.54) is 43.4 Å². The first-order valence-electron chi connectivity index (χ1n) is 10.2. The lowest BCUT2D eigenvalue weighted by Gasteiger charge is -2.26. The number of hydrogen-bond donors (Lipinski definition) is 1. The average Bonchev–Trinajstić information content (AvgIpc) is 2.80. The van der Waals surface area contributed by atoms with Crippen molar-refractivity contribution in [1.29, 1.82) is 0 Å². The van der Waals surface area contributed by atoms with Crippen LogP contribution in [0.1, 0.15) is 22.0 Å². The molecular formula is C24H25ClFN3O3S. The van der Waals surface area contributed by atoms with Gasteiger partial charge in [-0.1, -0.05) is 41.9 Å². The van der Waals surface area contributed by atoms with E-state index in [1.807, 2.05) is 0 Å². The zero-order valence-corrected chi connectivity index (χ0v) is 20.1. The maximum absolute atomic E-state index is 14.4. The molecule has 174 valence electrons. The number of nitrogens with one attached hydrogen (secondary N) is 1. The van der Waals surface area contributed by atoms with Gasteiger partial charge in [-0.15, -0.1) is 0 Å². The molecule has 3 rings (SSSR count). The van der Waals surface area contributed by atoms with Gasteiger partial charge in [-0.25, -0.2) is 12.8 Å². The third-order valence-electron chi connectivity index (χ3n) is 5.29. The van der Waals surface area contributed by atoms with Gasteiger partial charge >= 0.3 is 0 Å². The fraction of sp³-hybridized carbons (Fsp3) is 0.208. The standard InChI is InChI=1S/C24H25ClFN3O3S/c1-28(2)22(23-20(25)13-8-14-21(23)26)16-27-24(30)17-9-7-12-19(15-17)33(31,32)29(3)18-10-5-4-6-11-18/h4-15,22H,16H2,1-3H3,(H,27,30)/t22-/m1/s1. The predicted molar refractivity (Wildman–Crippen MR) is 129 cm³/mol. The van der Waals surface area contributed by atoms with Crippen LogP contribution < -0.4 is 9.62 Å². The van der Waals surface area contributed by atoms with Crippen molar-refractivity contribution in [3.63, 3.8) is 0 Å². The summed E-state index contributed by atoms with van der Waals surface area (Å²) >= 11 is 6.20. The molecule has 9 heteroatoms. The molecule has 3 aromatic rings.